The minimum atomic E-state index is -0.348. The van der Waals surface area contributed by atoms with Gasteiger partial charge in [-0.3, -0.25) is 4.79 Å². The van der Waals surface area contributed by atoms with E-state index in [1.807, 2.05) is 30.9 Å². The predicted octanol–water partition coefficient (Wildman–Crippen LogP) is 4.26. The van der Waals surface area contributed by atoms with Crippen molar-refractivity contribution in [1.82, 2.24) is 15.3 Å². The summed E-state index contributed by atoms with van der Waals surface area (Å²) >= 11 is 18.2. The van der Waals surface area contributed by atoms with E-state index in [9.17, 15) is 4.79 Å². The molecule has 1 amide bonds. The van der Waals surface area contributed by atoms with Gasteiger partial charge in [0.05, 0.1) is 21.3 Å². The molecule has 2 aromatic rings. The third-order valence-electron chi connectivity index (χ3n) is 3.70. The van der Waals surface area contributed by atoms with Crippen LogP contribution in [0, 0.1) is 0 Å². The van der Waals surface area contributed by atoms with E-state index >= 15 is 0 Å². The first-order chi connectivity index (χ1) is 12.0. The molecule has 134 valence electrons. The number of benzene rings is 1. The summed E-state index contributed by atoms with van der Waals surface area (Å²) < 4.78 is 0. The number of carbonyl (C=O) groups is 1. The Balaban J connectivity index is 2.05. The second-order valence-corrected chi connectivity index (χ2v) is 6.45. The molecule has 1 aromatic carbocycles. The van der Waals surface area contributed by atoms with Crippen LogP contribution in [0.2, 0.25) is 15.1 Å². The molecule has 0 atom stereocenters. The first-order valence-corrected chi connectivity index (χ1v) is 9.09. The average Bonchev–Trinajstić information content (AvgIpc) is 2.61. The minimum Gasteiger partial charge on any atom is -0.350 e. The summed E-state index contributed by atoms with van der Waals surface area (Å²) in [5, 5.41) is 4.02. The van der Waals surface area contributed by atoms with Crippen molar-refractivity contribution in [3.63, 3.8) is 0 Å². The Morgan fingerprint density at radius 1 is 1.16 bits per heavy atom. The van der Waals surface area contributed by atoms with Crippen LogP contribution in [0.3, 0.4) is 0 Å². The molecule has 0 fully saturated rings. The molecule has 8 heteroatoms. The molecule has 0 saturated carbocycles. The summed E-state index contributed by atoms with van der Waals surface area (Å²) in [5.41, 5.74) is 1.03. The molecule has 1 aromatic heterocycles. The molecule has 25 heavy (non-hydrogen) atoms. The third-order valence-corrected chi connectivity index (χ3v) is 4.84. The molecule has 1 heterocycles. The van der Waals surface area contributed by atoms with Gasteiger partial charge in [-0.05, 0) is 31.9 Å². The maximum atomic E-state index is 12.4. The number of amides is 1. The molecule has 0 aliphatic heterocycles. The van der Waals surface area contributed by atoms with Gasteiger partial charge in [0.2, 0.25) is 5.95 Å². The number of hydrogen-bond donors (Lipinski definition) is 1. The molecule has 0 radical (unpaired) electrons. The van der Waals surface area contributed by atoms with Crippen molar-refractivity contribution >= 4 is 46.7 Å². The Hall–Kier alpha value is -1.56. The van der Waals surface area contributed by atoms with Crippen LogP contribution in [0.4, 0.5) is 5.95 Å². The highest BCUT2D eigenvalue weighted by Crippen LogP contribution is 2.25. The second kappa shape index (κ2) is 9.22. The van der Waals surface area contributed by atoms with Crippen molar-refractivity contribution in [2.45, 2.75) is 20.3 Å². The summed E-state index contributed by atoms with van der Waals surface area (Å²) in [6.07, 6.45) is 2.00. The molecule has 1 N–H and O–H groups in total. The van der Waals surface area contributed by atoms with Crippen LogP contribution in [0.25, 0.3) is 0 Å². The van der Waals surface area contributed by atoms with Gasteiger partial charge >= 0.3 is 0 Å². The van der Waals surface area contributed by atoms with Crippen LogP contribution in [0.15, 0.2) is 24.4 Å². The summed E-state index contributed by atoms with van der Waals surface area (Å²) in [5.74, 6) is 0.136. The zero-order valence-electron chi connectivity index (χ0n) is 14.0. The maximum absolute atomic E-state index is 12.4. The van der Waals surface area contributed by atoms with E-state index in [0.717, 1.165) is 18.7 Å². The standard InChI is InChI=1S/C17H19Cl3N4O/c1-3-24(4-2)17-22-10-13(19)15(23-17)16(25)21-9-8-11-6-5-7-12(18)14(11)20/h5-7,10H,3-4,8-9H2,1-2H3,(H,21,25). The number of anilines is 1. The minimum absolute atomic E-state index is 0.163. The van der Waals surface area contributed by atoms with E-state index in [-0.39, 0.29) is 16.6 Å². The fourth-order valence-electron chi connectivity index (χ4n) is 2.31. The SMILES string of the molecule is CCN(CC)c1ncc(Cl)c(C(=O)NCCc2cccc(Cl)c2Cl)n1. The number of nitrogens with one attached hydrogen (secondary N) is 1. The van der Waals surface area contributed by atoms with E-state index in [2.05, 4.69) is 15.3 Å². The monoisotopic (exact) mass is 400 g/mol. The van der Waals surface area contributed by atoms with Crippen LogP contribution in [-0.2, 0) is 6.42 Å². The van der Waals surface area contributed by atoms with Crippen LogP contribution in [0.1, 0.15) is 29.9 Å². The zero-order valence-corrected chi connectivity index (χ0v) is 16.3. The van der Waals surface area contributed by atoms with Crippen molar-refractivity contribution in [3.05, 3.63) is 50.7 Å². The van der Waals surface area contributed by atoms with Gasteiger partial charge in [-0.25, -0.2) is 9.97 Å². The quantitative estimate of drug-likeness (QED) is 0.753. The molecule has 0 aliphatic rings. The van der Waals surface area contributed by atoms with Crippen molar-refractivity contribution in [1.29, 1.82) is 0 Å². The van der Waals surface area contributed by atoms with E-state index < -0.39 is 0 Å². The number of aromatic nitrogens is 2. The Morgan fingerprint density at radius 2 is 1.88 bits per heavy atom. The molecule has 0 unspecified atom stereocenters. The van der Waals surface area contributed by atoms with Gasteiger partial charge < -0.3 is 10.2 Å². The topological polar surface area (TPSA) is 58.1 Å². The van der Waals surface area contributed by atoms with Gasteiger partial charge in [-0.15, -0.1) is 0 Å². The lowest BCUT2D eigenvalue weighted by Gasteiger charge is -2.19. The summed E-state index contributed by atoms with van der Waals surface area (Å²) in [6, 6.07) is 5.42. The Morgan fingerprint density at radius 3 is 2.56 bits per heavy atom. The predicted molar refractivity (Wildman–Crippen MR) is 103 cm³/mol. The van der Waals surface area contributed by atoms with Gasteiger partial charge in [0, 0.05) is 19.6 Å². The van der Waals surface area contributed by atoms with E-state index in [0.29, 0.717) is 29.0 Å². The number of halogens is 3. The average molecular weight is 402 g/mol. The maximum Gasteiger partial charge on any atom is 0.271 e. The van der Waals surface area contributed by atoms with Crippen LogP contribution in [0.5, 0.6) is 0 Å². The Bertz CT molecular complexity index is 751. The highest BCUT2D eigenvalue weighted by Gasteiger charge is 2.16. The van der Waals surface area contributed by atoms with Gasteiger partial charge in [0.25, 0.3) is 5.91 Å². The summed E-state index contributed by atoms with van der Waals surface area (Å²) in [4.78, 5) is 22.8. The molecule has 0 spiro atoms. The molecule has 0 aliphatic carbocycles. The van der Waals surface area contributed by atoms with Crippen molar-refractivity contribution < 1.29 is 4.79 Å². The van der Waals surface area contributed by atoms with E-state index in [4.69, 9.17) is 34.8 Å². The molecule has 0 saturated heterocycles. The highest BCUT2D eigenvalue weighted by atomic mass is 35.5. The lowest BCUT2D eigenvalue weighted by molar-refractivity contribution is 0.0949. The van der Waals surface area contributed by atoms with Gasteiger partial charge in [-0.2, -0.15) is 0 Å². The zero-order chi connectivity index (χ0) is 18.4. The Kier molecular flexibility index (Phi) is 7.29. The van der Waals surface area contributed by atoms with Crippen LogP contribution in [-0.4, -0.2) is 35.5 Å². The molecular weight excluding hydrogens is 383 g/mol. The van der Waals surface area contributed by atoms with Gasteiger partial charge in [0.1, 0.15) is 0 Å². The van der Waals surface area contributed by atoms with Crippen molar-refractivity contribution in [2.75, 3.05) is 24.5 Å². The van der Waals surface area contributed by atoms with E-state index in [1.54, 1.807) is 6.07 Å². The second-order valence-electron chi connectivity index (χ2n) is 5.26. The number of nitrogens with zero attached hydrogens (tertiary/aromatic N) is 3. The smallest absolute Gasteiger partial charge is 0.271 e. The first kappa shape index (κ1) is 19.8. The molecular formula is C17H19Cl3N4O. The first-order valence-electron chi connectivity index (χ1n) is 7.96. The molecule has 0 bridgehead atoms. The summed E-state index contributed by atoms with van der Waals surface area (Å²) in [6.45, 7) is 5.87. The summed E-state index contributed by atoms with van der Waals surface area (Å²) in [7, 11) is 0. The molecule has 5 nitrogen and oxygen atoms in total. The number of hydrogen-bond acceptors (Lipinski definition) is 4. The van der Waals surface area contributed by atoms with E-state index in [1.165, 1.54) is 6.20 Å². The fourth-order valence-corrected chi connectivity index (χ4v) is 2.90. The van der Waals surface area contributed by atoms with Crippen molar-refractivity contribution in [2.24, 2.45) is 0 Å². The molecule has 2 rings (SSSR count). The number of carbonyl (C=O) groups excluding carboxylic acids is 1. The number of rotatable bonds is 7. The Labute approximate surface area is 162 Å². The largest absolute Gasteiger partial charge is 0.350 e. The van der Waals surface area contributed by atoms with Gasteiger partial charge in [0.15, 0.2) is 5.69 Å². The van der Waals surface area contributed by atoms with Crippen LogP contribution >= 0.6 is 34.8 Å². The lowest BCUT2D eigenvalue weighted by atomic mass is 10.1. The van der Waals surface area contributed by atoms with Gasteiger partial charge in [-0.1, -0.05) is 46.9 Å². The fraction of sp³-hybridized carbons (Fsp3) is 0.353. The normalized spacial score (nSPS) is 10.6. The van der Waals surface area contributed by atoms with Crippen LogP contribution < -0.4 is 10.2 Å². The third kappa shape index (κ3) is 4.97. The van der Waals surface area contributed by atoms with Crippen molar-refractivity contribution in [3.8, 4) is 0 Å². The highest BCUT2D eigenvalue weighted by molar-refractivity contribution is 6.42. The lowest BCUT2D eigenvalue weighted by Crippen LogP contribution is -2.29.